The minimum absolute atomic E-state index is 0.160. The minimum Gasteiger partial charge on any atom is -0.313 e. The largest absolute Gasteiger partial charge is 0.313 e. The molecule has 1 aromatic carbocycles. The van der Waals surface area contributed by atoms with Crippen molar-refractivity contribution in [3.05, 3.63) is 34.6 Å². The second-order valence-corrected chi connectivity index (χ2v) is 6.54. The molecule has 0 spiro atoms. The molecule has 0 aromatic heterocycles. The zero-order valence-corrected chi connectivity index (χ0v) is 13.1. The van der Waals surface area contributed by atoms with Gasteiger partial charge in [-0.1, -0.05) is 25.4 Å². The molecule has 0 amide bonds. The summed E-state index contributed by atoms with van der Waals surface area (Å²) in [5.41, 5.74) is 0.697. The van der Waals surface area contributed by atoms with Gasteiger partial charge in [-0.15, -0.1) is 0 Å². The fourth-order valence-corrected chi connectivity index (χ4v) is 3.05. The molecule has 1 saturated heterocycles. The van der Waals surface area contributed by atoms with E-state index in [1.54, 1.807) is 12.1 Å². The molecule has 1 aromatic rings. The Bertz CT molecular complexity index is 436. The summed E-state index contributed by atoms with van der Waals surface area (Å²) in [4.78, 5) is 2.34. The van der Waals surface area contributed by atoms with Crippen molar-refractivity contribution in [2.24, 2.45) is 5.92 Å². The molecule has 0 aliphatic carbocycles. The average Bonchev–Trinajstić information content (AvgIpc) is 2.58. The summed E-state index contributed by atoms with van der Waals surface area (Å²) in [5.74, 6) is 0.516. The maximum absolute atomic E-state index is 13.8. The zero-order chi connectivity index (χ0) is 14.5. The van der Waals surface area contributed by atoms with E-state index in [0.29, 0.717) is 29.1 Å². The Morgan fingerprint density at radius 3 is 3.00 bits per heavy atom. The van der Waals surface area contributed by atoms with E-state index in [-0.39, 0.29) is 5.82 Å². The molecule has 1 N–H and O–H groups in total. The van der Waals surface area contributed by atoms with Crippen LogP contribution >= 0.6 is 11.6 Å². The van der Waals surface area contributed by atoms with Crippen LogP contribution < -0.4 is 5.32 Å². The van der Waals surface area contributed by atoms with E-state index in [0.717, 1.165) is 32.5 Å². The van der Waals surface area contributed by atoms with Crippen molar-refractivity contribution in [3.8, 4) is 0 Å². The van der Waals surface area contributed by atoms with Gasteiger partial charge in [0.15, 0.2) is 0 Å². The third-order valence-corrected chi connectivity index (χ3v) is 3.96. The maximum atomic E-state index is 13.8. The molecule has 112 valence electrons. The molecule has 1 aliphatic heterocycles. The Balaban J connectivity index is 2.01. The molecule has 0 radical (unpaired) electrons. The Hall–Kier alpha value is -0.640. The molecule has 1 unspecified atom stereocenters. The van der Waals surface area contributed by atoms with Gasteiger partial charge in [0.25, 0.3) is 0 Å². The first-order valence-electron chi connectivity index (χ1n) is 7.44. The normalized spacial score (nSPS) is 21.1. The van der Waals surface area contributed by atoms with E-state index in [2.05, 4.69) is 24.1 Å². The maximum Gasteiger partial charge on any atom is 0.127 e. The van der Waals surface area contributed by atoms with Gasteiger partial charge in [0.05, 0.1) is 0 Å². The summed E-state index contributed by atoms with van der Waals surface area (Å²) in [7, 11) is 0. The van der Waals surface area contributed by atoms with Crippen LogP contribution in [0.5, 0.6) is 0 Å². The van der Waals surface area contributed by atoms with Crippen LogP contribution in [0.1, 0.15) is 32.3 Å². The lowest BCUT2D eigenvalue weighted by Gasteiger charge is -2.25. The van der Waals surface area contributed by atoms with E-state index in [1.165, 1.54) is 6.07 Å². The Kier molecular flexibility index (Phi) is 5.82. The van der Waals surface area contributed by atoms with Gasteiger partial charge in [-0.25, -0.2) is 4.39 Å². The highest BCUT2D eigenvalue weighted by Crippen LogP contribution is 2.18. The zero-order valence-electron chi connectivity index (χ0n) is 12.3. The summed E-state index contributed by atoms with van der Waals surface area (Å²) >= 11 is 5.97. The second kappa shape index (κ2) is 7.39. The summed E-state index contributed by atoms with van der Waals surface area (Å²) in [5, 5.41) is 4.20. The van der Waals surface area contributed by atoms with Crippen LogP contribution in [0.25, 0.3) is 0 Å². The molecule has 20 heavy (non-hydrogen) atoms. The summed E-state index contributed by atoms with van der Waals surface area (Å²) < 4.78 is 13.8. The number of hydrogen-bond donors (Lipinski definition) is 1. The van der Waals surface area contributed by atoms with Crippen LogP contribution in [0.2, 0.25) is 5.02 Å². The van der Waals surface area contributed by atoms with Crippen molar-refractivity contribution >= 4 is 11.6 Å². The molecular formula is C16H24ClFN2. The van der Waals surface area contributed by atoms with Crippen LogP contribution in [0, 0.1) is 11.7 Å². The van der Waals surface area contributed by atoms with E-state index in [1.807, 2.05) is 0 Å². The summed E-state index contributed by atoms with van der Waals surface area (Å²) in [6.07, 6.45) is 2.27. The fraction of sp³-hybridized carbons (Fsp3) is 0.625. The predicted molar refractivity (Wildman–Crippen MR) is 82.5 cm³/mol. The van der Waals surface area contributed by atoms with E-state index < -0.39 is 0 Å². The number of nitrogens with one attached hydrogen (secondary N) is 1. The van der Waals surface area contributed by atoms with Crippen molar-refractivity contribution in [2.45, 2.75) is 39.3 Å². The van der Waals surface area contributed by atoms with Crippen LogP contribution in [-0.2, 0) is 6.54 Å². The average molecular weight is 299 g/mol. The van der Waals surface area contributed by atoms with Crippen LogP contribution in [0.3, 0.4) is 0 Å². The molecular weight excluding hydrogens is 275 g/mol. The van der Waals surface area contributed by atoms with E-state index in [9.17, 15) is 4.39 Å². The number of halogens is 2. The van der Waals surface area contributed by atoms with Gasteiger partial charge in [-0.2, -0.15) is 0 Å². The van der Waals surface area contributed by atoms with Gasteiger partial charge < -0.3 is 5.32 Å². The van der Waals surface area contributed by atoms with Crippen molar-refractivity contribution < 1.29 is 4.39 Å². The molecule has 1 atom stereocenters. The van der Waals surface area contributed by atoms with Crippen molar-refractivity contribution in [3.63, 3.8) is 0 Å². The van der Waals surface area contributed by atoms with Crippen molar-refractivity contribution in [1.29, 1.82) is 0 Å². The Labute approximate surface area is 126 Å². The Morgan fingerprint density at radius 2 is 2.25 bits per heavy atom. The highest BCUT2D eigenvalue weighted by atomic mass is 35.5. The van der Waals surface area contributed by atoms with Crippen LogP contribution in [0.4, 0.5) is 4.39 Å². The van der Waals surface area contributed by atoms with Crippen molar-refractivity contribution in [2.75, 3.05) is 19.6 Å². The van der Waals surface area contributed by atoms with Gasteiger partial charge in [0.1, 0.15) is 5.82 Å². The predicted octanol–water partition coefficient (Wildman–Crippen LogP) is 3.69. The Morgan fingerprint density at radius 1 is 1.45 bits per heavy atom. The SMILES string of the molecule is CC(C)CC1CN(Cc2cc(Cl)ccc2F)CCCN1. The quantitative estimate of drug-likeness (QED) is 0.912. The first-order valence-corrected chi connectivity index (χ1v) is 7.82. The summed E-state index contributed by atoms with van der Waals surface area (Å²) in [6.45, 7) is 8.16. The van der Waals surface area contributed by atoms with Crippen LogP contribution in [0.15, 0.2) is 18.2 Å². The molecule has 2 rings (SSSR count). The molecule has 0 saturated carbocycles. The van der Waals surface area contributed by atoms with Crippen LogP contribution in [-0.4, -0.2) is 30.6 Å². The third-order valence-electron chi connectivity index (χ3n) is 3.72. The lowest BCUT2D eigenvalue weighted by Crippen LogP contribution is -2.38. The first kappa shape index (κ1) is 15.7. The first-order chi connectivity index (χ1) is 9.54. The van der Waals surface area contributed by atoms with Gasteiger partial charge in [0.2, 0.25) is 0 Å². The van der Waals surface area contributed by atoms with Gasteiger partial charge in [-0.3, -0.25) is 4.90 Å². The van der Waals surface area contributed by atoms with Crippen molar-refractivity contribution in [1.82, 2.24) is 10.2 Å². The van der Waals surface area contributed by atoms with E-state index in [4.69, 9.17) is 11.6 Å². The third kappa shape index (κ3) is 4.72. The monoisotopic (exact) mass is 298 g/mol. The molecule has 4 heteroatoms. The highest BCUT2D eigenvalue weighted by molar-refractivity contribution is 6.30. The number of nitrogens with zero attached hydrogens (tertiary/aromatic N) is 1. The smallest absolute Gasteiger partial charge is 0.127 e. The van der Waals surface area contributed by atoms with Gasteiger partial charge in [0, 0.05) is 29.7 Å². The topological polar surface area (TPSA) is 15.3 Å². The van der Waals surface area contributed by atoms with Gasteiger partial charge in [-0.05, 0) is 50.0 Å². The standard InChI is InChI=1S/C16H24ClFN2/c1-12(2)8-15-11-20(7-3-6-19-15)10-13-9-14(17)4-5-16(13)18/h4-5,9,12,15,19H,3,6-8,10-11H2,1-2H3. The lowest BCUT2D eigenvalue weighted by atomic mass is 10.0. The molecule has 2 nitrogen and oxygen atoms in total. The molecule has 1 fully saturated rings. The molecule has 1 heterocycles. The highest BCUT2D eigenvalue weighted by Gasteiger charge is 2.19. The molecule has 1 aliphatic rings. The lowest BCUT2D eigenvalue weighted by molar-refractivity contribution is 0.245. The number of rotatable bonds is 4. The molecule has 0 bridgehead atoms. The number of hydrogen-bond acceptors (Lipinski definition) is 2. The second-order valence-electron chi connectivity index (χ2n) is 6.10. The number of benzene rings is 1. The fourth-order valence-electron chi connectivity index (χ4n) is 2.85. The van der Waals surface area contributed by atoms with Gasteiger partial charge >= 0.3 is 0 Å². The summed E-state index contributed by atoms with van der Waals surface area (Å²) in [6, 6.07) is 5.30. The van der Waals surface area contributed by atoms with E-state index >= 15 is 0 Å². The minimum atomic E-state index is -0.160.